The summed E-state index contributed by atoms with van der Waals surface area (Å²) in [7, 11) is 1.49. The van der Waals surface area contributed by atoms with E-state index in [1.807, 2.05) is 6.92 Å². The summed E-state index contributed by atoms with van der Waals surface area (Å²) >= 11 is 0. The average Bonchev–Trinajstić information content (AvgIpc) is 2.93. The lowest BCUT2D eigenvalue weighted by Crippen LogP contribution is -2.30. The van der Waals surface area contributed by atoms with E-state index in [-0.39, 0.29) is 48.2 Å². The van der Waals surface area contributed by atoms with E-state index >= 15 is 0 Å². The maximum Gasteiger partial charge on any atom is 0.265 e. The molecule has 10 nitrogen and oxygen atoms in total. The molecule has 0 bridgehead atoms. The molecule has 0 saturated carbocycles. The zero-order chi connectivity index (χ0) is 28.8. The van der Waals surface area contributed by atoms with Crippen LogP contribution < -0.4 is 20.3 Å². The van der Waals surface area contributed by atoms with Gasteiger partial charge in [-0.3, -0.25) is 14.0 Å². The van der Waals surface area contributed by atoms with Crippen molar-refractivity contribution in [1.82, 2.24) is 14.7 Å². The maximum absolute atomic E-state index is 13.5. The van der Waals surface area contributed by atoms with Gasteiger partial charge in [-0.05, 0) is 66.4 Å². The first-order chi connectivity index (χ1) is 19.2. The number of aromatic nitrogens is 2. The SMILES string of the molecule is C=C(C)COc1ccc(C(CC(=O)NCCc2ccc(O)c(O)c2)c2c(O)nc3ccccn3c2=O)cc1OC. The largest absolute Gasteiger partial charge is 0.504 e. The molecule has 208 valence electrons. The molecule has 4 aromatic rings. The molecule has 2 heterocycles. The van der Waals surface area contributed by atoms with Gasteiger partial charge in [-0.25, -0.2) is 0 Å². The van der Waals surface area contributed by atoms with Gasteiger partial charge in [0, 0.05) is 25.1 Å². The van der Waals surface area contributed by atoms with Crippen molar-refractivity contribution < 1.29 is 29.6 Å². The maximum atomic E-state index is 13.5. The molecule has 0 aliphatic rings. The summed E-state index contributed by atoms with van der Waals surface area (Å²) in [4.78, 5) is 30.8. The van der Waals surface area contributed by atoms with Gasteiger partial charge in [0.15, 0.2) is 23.0 Å². The number of carbonyl (C=O) groups excluding carboxylic acids is 1. The summed E-state index contributed by atoms with van der Waals surface area (Å²) in [6, 6.07) is 14.5. The lowest BCUT2D eigenvalue weighted by atomic mass is 9.88. The van der Waals surface area contributed by atoms with Crippen LogP contribution in [0.5, 0.6) is 28.9 Å². The van der Waals surface area contributed by atoms with Crippen LogP contribution in [0.1, 0.15) is 36.0 Å². The van der Waals surface area contributed by atoms with Gasteiger partial charge in [-0.2, -0.15) is 4.98 Å². The Bertz CT molecular complexity index is 1610. The normalized spacial score (nSPS) is 11.7. The molecule has 0 aliphatic heterocycles. The van der Waals surface area contributed by atoms with Gasteiger partial charge in [0.05, 0.1) is 12.7 Å². The van der Waals surface area contributed by atoms with Crippen LogP contribution in [-0.4, -0.2) is 50.9 Å². The number of hydrogen-bond donors (Lipinski definition) is 4. The second-order valence-electron chi connectivity index (χ2n) is 9.42. The number of pyridine rings is 1. The smallest absolute Gasteiger partial charge is 0.265 e. The number of nitrogens with one attached hydrogen (secondary N) is 1. The molecular weight excluding hydrogens is 514 g/mol. The van der Waals surface area contributed by atoms with Gasteiger partial charge in [0.2, 0.25) is 11.8 Å². The highest BCUT2D eigenvalue weighted by Gasteiger charge is 2.27. The molecule has 4 rings (SSSR count). The summed E-state index contributed by atoms with van der Waals surface area (Å²) in [5.74, 6) is -1.30. The highest BCUT2D eigenvalue weighted by Crippen LogP contribution is 2.36. The van der Waals surface area contributed by atoms with E-state index in [0.717, 1.165) is 11.1 Å². The number of amides is 1. The second kappa shape index (κ2) is 12.2. The molecule has 0 radical (unpaired) electrons. The van der Waals surface area contributed by atoms with Crippen molar-refractivity contribution in [2.24, 2.45) is 0 Å². The molecule has 4 N–H and O–H groups in total. The lowest BCUT2D eigenvalue weighted by molar-refractivity contribution is -0.121. The molecular formula is C30H31N3O7. The minimum atomic E-state index is -0.862. The number of fused-ring (bicyclic) bond motifs is 1. The van der Waals surface area contributed by atoms with E-state index in [1.165, 1.54) is 23.6 Å². The number of benzene rings is 2. The van der Waals surface area contributed by atoms with Gasteiger partial charge in [-0.15, -0.1) is 0 Å². The van der Waals surface area contributed by atoms with Crippen molar-refractivity contribution in [1.29, 1.82) is 0 Å². The Morgan fingerprint density at radius 1 is 1.07 bits per heavy atom. The van der Waals surface area contributed by atoms with Crippen LogP contribution >= 0.6 is 0 Å². The van der Waals surface area contributed by atoms with E-state index in [2.05, 4.69) is 16.9 Å². The quantitative estimate of drug-likeness (QED) is 0.165. The third kappa shape index (κ3) is 6.35. The molecule has 40 heavy (non-hydrogen) atoms. The first-order valence-electron chi connectivity index (χ1n) is 12.6. The molecule has 0 spiro atoms. The molecule has 2 aromatic carbocycles. The summed E-state index contributed by atoms with van der Waals surface area (Å²) in [5, 5.41) is 32.9. The summed E-state index contributed by atoms with van der Waals surface area (Å²) in [6.07, 6.45) is 1.78. The van der Waals surface area contributed by atoms with Crippen molar-refractivity contribution in [3.8, 4) is 28.9 Å². The van der Waals surface area contributed by atoms with E-state index in [4.69, 9.17) is 9.47 Å². The Morgan fingerprint density at radius 3 is 2.60 bits per heavy atom. The third-order valence-corrected chi connectivity index (χ3v) is 6.33. The number of aromatic hydroxyl groups is 3. The average molecular weight is 546 g/mol. The molecule has 0 saturated heterocycles. The van der Waals surface area contributed by atoms with Gasteiger partial charge in [0.25, 0.3) is 5.56 Å². The van der Waals surface area contributed by atoms with Gasteiger partial charge < -0.3 is 30.1 Å². The Labute approximate surface area is 230 Å². The van der Waals surface area contributed by atoms with Gasteiger partial charge in [-0.1, -0.05) is 24.8 Å². The van der Waals surface area contributed by atoms with Crippen LogP contribution in [0, 0.1) is 0 Å². The topological polar surface area (TPSA) is 143 Å². The predicted octanol–water partition coefficient (Wildman–Crippen LogP) is 3.66. The summed E-state index contributed by atoms with van der Waals surface area (Å²) < 4.78 is 12.6. The summed E-state index contributed by atoms with van der Waals surface area (Å²) in [5.41, 5.74) is 1.83. The number of methoxy groups -OCH3 is 1. The first kappa shape index (κ1) is 28.0. The minimum absolute atomic E-state index is 0.0278. The fourth-order valence-electron chi connectivity index (χ4n) is 4.33. The van der Waals surface area contributed by atoms with Crippen LogP contribution in [0.3, 0.4) is 0 Å². The molecule has 2 aromatic heterocycles. The molecule has 0 fully saturated rings. The van der Waals surface area contributed by atoms with Gasteiger partial charge in [0.1, 0.15) is 12.3 Å². The van der Waals surface area contributed by atoms with Crippen molar-refractivity contribution in [3.63, 3.8) is 0 Å². The fraction of sp³-hybridized carbons (Fsp3) is 0.233. The number of phenols is 2. The standard InChI is InChI=1S/C30H31N3O7/c1-18(2)17-40-24-10-8-20(15-25(24)39-3)21(28-29(37)32-26-6-4-5-13-33(26)30(28)38)16-27(36)31-12-11-19-7-9-22(34)23(35)14-19/h4-10,13-15,21,34-35,37H,1,11-12,16-17H2,2-3H3,(H,31,36). The molecule has 1 atom stereocenters. The van der Waals surface area contributed by atoms with E-state index < -0.39 is 17.4 Å². The zero-order valence-corrected chi connectivity index (χ0v) is 22.3. The zero-order valence-electron chi connectivity index (χ0n) is 22.3. The fourth-order valence-corrected chi connectivity index (χ4v) is 4.33. The number of ether oxygens (including phenoxy) is 2. The second-order valence-corrected chi connectivity index (χ2v) is 9.42. The summed E-state index contributed by atoms with van der Waals surface area (Å²) in [6.45, 7) is 6.20. The van der Waals surface area contributed by atoms with Crippen molar-refractivity contribution >= 4 is 11.6 Å². The minimum Gasteiger partial charge on any atom is -0.504 e. The Morgan fingerprint density at radius 2 is 1.88 bits per heavy atom. The van der Waals surface area contributed by atoms with Crippen LogP contribution in [0.2, 0.25) is 0 Å². The van der Waals surface area contributed by atoms with Crippen molar-refractivity contribution in [2.45, 2.75) is 25.7 Å². The number of carbonyl (C=O) groups is 1. The Balaban J connectivity index is 1.66. The molecule has 10 heteroatoms. The van der Waals surface area contributed by atoms with Crippen LogP contribution in [0.4, 0.5) is 0 Å². The lowest BCUT2D eigenvalue weighted by Gasteiger charge is -2.20. The Hall–Kier alpha value is -4.99. The highest BCUT2D eigenvalue weighted by molar-refractivity contribution is 5.78. The number of hydrogen-bond acceptors (Lipinski definition) is 8. The Kier molecular flexibility index (Phi) is 8.58. The van der Waals surface area contributed by atoms with Crippen molar-refractivity contribution in [2.75, 3.05) is 20.3 Å². The third-order valence-electron chi connectivity index (χ3n) is 6.33. The monoisotopic (exact) mass is 545 g/mol. The van der Waals surface area contributed by atoms with Crippen LogP contribution in [-0.2, 0) is 11.2 Å². The first-order valence-corrected chi connectivity index (χ1v) is 12.6. The van der Waals surface area contributed by atoms with Crippen LogP contribution in [0.15, 0.2) is 77.7 Å². The van der Waals surface area contributed by atoms with E-state index in [9.17, 15) is 24.9 Å². The molecule has 0 aliphatic carbocycles. The van der Waals surface area contributed by atoms with E-state index in [0.29, 0.717) is 23.5 Å². The number of phenolic OH excluding ortho intramolecular Hbond substituents is 2. The van der Waals surface area contributed by atoms with Crippen molar-refractivity contribution in [3.05, 3.63) is 100.0 Å². The highest BCUT2D eigenvalue weighted by atomic mass is 16.5. The predicted molar refractivity (Wildman–Crippen MR) is 149 cm³/mol. The molecule has 1 unspecified atom stereocenters. The van der Waals surface area contributed by atoms with Crippen LogP contribution in [0.25, 0.3) is 5.65 Å². The van der Waals surface area contributed by atoms with E-state index in [1.54, 1.807) is 48.7 Å². The van der Waals surface area contributed by atoms with Gasteiger partial charge >= 0.3 is 0 Å². The number of rotatable bonds is 11. The molecule has 1 amide bonds. The number of nitrogens with zero attached hydrogens (tertiary/aromatic N) is 2.